The van der Waals surface area contributed by atoms with E-state index < -0.39 is 6.04 Å². The first-order valence-corrected chi connectivity index (χ1v) is 14.6. The average molecular weight is 522 g/mol. The third-order valence-electron chi connectivity index (χ3n) is 7.72. The molecule has 4 rings (SSSR count). The number of carbonyl (C=O) groups is 2. The molecular weight excluding hydrogens is 478 g/mol. The Morgan fingerprint density at radius 3 is 2.74 bits per heavy atom. The summed E-state index contributed by atoms with van der Waals surface area (Å²) in [5, 5.41) is 3.01. The minimum absolute atomic E-state index is 0.0906. The van der Waals surface area contributed by atoms with Crippen LogP contribution in [0, 0.1) is 0 Å². The lowest BCUT2D eigenvalue weighted by molar-refractivity contribution is -0.148. The van der Waals surface area contributed by atoms with Crippen molar-refractivity contribution in [1.82, 2.24) is 25.2 Å². The first-order valence-electron chi connectivity index (χ1n) is 14.6. The van der Waals surface area contributed by atoms with Gasteiger partial charge in [0.2, 0.25) is 5.91 Å². The molecule has 1 amide bonds. The fourth-order valence-electron chi connectivity index (χ4n) is 5.64. The maximum atomic E-state index is 13.2. The van der Waals surface area contributed by atoms with Crippen LogP contribution < -0.4 is 5.32 Å². The van der Waals surface area contributed by atoms with Crippen LogP contribution in [0.5, 0.6) is 0 Å². The van der Waals surface area contributed by atoms with E-state index in [1.54, 1.807) is 13.1 Å². The van der Waals surface area contributed by atoms with Gasteiger partial charge in [0.15, 0.2) is 0 Å². The number of esters is 1. The normalized spacial score (nSPS) is 18.1. The van der Waals surface area contributed by atoms with Crippen LogP contribution in [-0.4, -0.2) is 57.0 Å². The van der Waals surface area contributed by atoms with Crippen LogP contribution in [0.1, 0.15) is 93.8 Å². The number of ether oxygens (including phenoxy) is 1. The number of rotatable bonds is 14. The lowest BCUT2D eigenvalue weighted by Crippen LogP contribution is -2.49. The van der Waals surface area contributed by atoms with Crippen molar-refractivity contribution in [3.05, 3.63) is 53.4 Å². The number of likely N-dealkylation sites (tertiary alicyclic amines) is 1. The Kier molecular flexibility index (Phi) is 11.0. The van der Waals surface area contributed by atoms with E-state index in [1.807, 2.05) is 6.07 Å². The molecule has 1 aliphatic carbocycles. The summed E-state index contributed by atoms with van der Waals surface area (Å²) in [6.45, 7) is 3.55. The lowest BCUT2D eigenvalue weighted by atomic mass is 9.95. The number of carbonyl (C=O) groups excluding carboxylic acids is 2. The largest absolute Gasteiger partial charge is 0.464 e. The highest BCUT2D eigenvalue weighted by Crippen LogP contribution is 2.22. The molecule has 8 heteroatoms. The summed E-state index contributed by atoms with van der Waals surface area (Å²) in [6, 6.07) is 5.51. The summed E-state index contributed by atoms with van der Waals surface area (Å²) in [4.78, 5) is 41.1. The molecule has 2 aromatic rings. The lowest BCUT2D eigenvalue weighted by Gasteiger charge is -2.25. The molecular formula is C30H43N5O3. The summed E-state index contributed by atoms with van der Waals surface area (Å²) in [5.74, 6) is -0.424. The maximum absolute atomic E-state index is 13.2. The van der Waals surface area contributed by atoms with Crippen molar-refractivity contribution in [2.75, 3.05) is 13.2 Å². The van der Waals surface area contributed by atoms with Crippen LogP contribution >= 0.6 is 0 Å². The van der Waals surface area contributed by atoms with Gasteiger partial charge in [0.1, 0.15) is 12.4 Å². The number of hydrogen-bond donors (Lipinski definition) is 1. The number of nitrogens with zero attached hydrogens (tertiary/aromatic N) is 4. The van der Waals surface area contributed by atoms with Gasteiger partial charge in [-0.3, -0.25) is 14.7 Å². The topological polar surface area (TPSA) is 97.3 Å². The van der Waals surface area contributed by atoms with Crippen molar-refractivity contribution in [1.29, 1.82) is 0 Å². The summed E-state index contributed by atoms with van der Waals surface area (Å²) < 4.78 is 5.28. The molecule has 0 aromatic carbocycles. The Bertz CT molecular complexity index is 1030. The van der Waals surface area contributed by atoms with Crippen LogP contribution in [0.2, 0.25) is 0 Å². The summed E-state index contributed by atoms with van der Waals surface area (Å²) in [7, 11) is 0. The highest BCUT2D eigenvalue weighted by molar-refractivity contribution is 5.87. The summed E-state index contributed by atoms with van der Waals surface area (Å²) >= 11 is 0. The van der Waals surface area contributed by atoms with E-state index in [1.165, 1.54) is 42.5 Å². The number of nitrogens with one attached hydrogen (secondary N) is 1. The number of unbranched alkanes of at least 4 members (excludes halogenated alkanes) is 4. The summed E-state index contributed by atoms with van der Waals surface area (Å²) in [5.41, 5.74) is 4.87. The molecule has 1 fully saturated rings. The highest BCUT2D eigenvalue weighted by Gasteiger charge is 2.33. The maximum Gasteiger partial charge on any atom is 0.328 e. The second-order valence-electron chi connectivity index (χ2n) is 10.6. The molecule has 0 bridgehead atoms. The Balaban J connectivity index is 1.18. The average Bonchev–Trinajstić information content (AvgIpc) is 3.40. The van der Waals surface area contributed by atoms with Gasteiger partial charge in [-0.1, -0.05) is 31.7 Å². The van der Waals surface area contributed by atoms with E-state index in [2.05, 4.69) is 32.3 Å². The summed E-state index contributed by atoms with van der Waals surface area (Å²) in [6.07, 6.45) is 16.8. The van der Waals surface area contributed by atoms with E-state index >= 15 is 0 Å². The Hall–Kier alpha value is -2.87. The second kappa shape index (κ2) is 14.9. The van der Waals surface area contributed by atoms with Crippen LogP contribution in [-0.2, 0) is 40.1 Å². The van der Waals surface area contributed by atoms with Crippen molar-refractivity contribution < 1.29 is 14.3 Å². The zero-order valence-corrected chi connectivity index (χ0v) is 22.9. The van der Waals surface area contributed by atoms with E-state index in [9.17, 15) is 9.59 Å². The number of pyridine rings is 1. The molecule has 0 unspecified atom stereocenters. The quantitative estimate of drug-likeness (QED) is 0.292. The van der Waals surface area contributed by atoms with Crippen LogP contribution in [0.15, 0.2) is 30.7 Å². The third kappa shape index (κ3) is 8.32. The second-order valence-corrected chi connectivity index (χ2v) is 10.6. The number of hydrogen-bond acceptors (Lipinski definition) is 7. The Morgan fingerprint density at radius 1 is 1.05 bits per heavy atom. The van der Waals surface area contributed by atoms with Crippen LogP contribution in [0.4, 0.5) is 0 Å². The number of aryl methyl sites for hydroxylation is 3. The molecule has 2 aliphatic rings. The van der Waals surface area contributed by atoms with E-state index in [-0.39, 0.29) is 17.9 Å². The molecule has 1 N–H and O–H groups in total. The van der Waals surface area contributed by atoms with Gasteiger partial charge in [0, 0.05) is 24.1 Å². The van der Waals surface area contributed by atoms with Gasteiger partial charge in [-0.2, -0.15) is 0 Å². The fourth-order valence-corrected chi connectivity index (χ4v) is 5.64. The molecule has 206 valence electrons. The minimum atomic E-state index is -0.594. The van der Waals surface area contributed by atoms with E-state index in [0.29, 0.717) is 19.6 Å². The number of amides is 1. The van der Waals surface area contributed by atoms with E-state index in [4.69, 9.17) is 9.72 Å². The van der Waals surface area contributed by atoms with Gasteiger partial charge >= 0.3 is 5.97 Å². The van der Waals surface area contributed by atoms with Crippen molar-refractivity contribution in [2.45, 2.75) is 109 Å². The van der Waals surface area contributed by atoms with Gasteiger partial charge in [-0.05, 0) is 89.0 Å². The van der Waals surface area contributed by atoms with Crippen molar-refractivity contribution in [2.24, 2.45) is 0 Å². The fraction of sp³-hybridized carbons (Fsp3) is 0.633. The molecule has 2 aromatic heterocycles. The van der Waals surface area contributed by atoms with Crippen LogP contribution in [0.3, 0.4) is 0 Å². The first-order chi connectivity index (χ1) is 18.6. The SMILES string of the molecule is CCOC(=O)[C@H](CCCCCCCc1ccc2c(n1)CCCC2)NC(=O)[C@@H]1CCCN1Cc1ccncn1. The zero-order chi connectivity index (χ0) is 26.6. The highest BCUT2D eigenvalue weighted by atomic mass is 16.5. The molecule has 1 saturated heterocycles. The predicted octanol–water partition coefficient (Wildman–Crippen LogP) is 4.35. The molecule has 8 nitrogen and oxygen atoms in total. The van der Waals surface area contributed by atoms with Crippen molar-refractivity contribution in [3.63, 3.8) is 0 Å². The Morgan fingerprint density at radius 2 is 1.89 bits per heavy atom. The van der Waals surface area contributed by atoms with Crippen LogP contribution in [0.25, 0.3) is 0 Å². The predicted molar refractivity (Wildman–Crippen MR) is 146 cm³/mol. The number of aromatic nitrogens is 3. The van der Waals surface area contributed by atoms with Gasteiger partial charge in [0.25, 0.3) is 0 Å². The molecule has 3 heterocycles. The third-order valence-corrected chi connectivity index (χ3v) is 7.72. The minimum Gasteiger partial charge on any atom is -0.464 e. The monoisotopic (exact) mass is 521 g/mol. The molecule has 38 heavy (non-hydrogen) atoms. The molecule has 1 aliphatic heterocycles. The molecule has 0 saturated carbocycles. The standard InChI is InChI=1S/C30H43N5O3/c1-2-38-30(37)27(34-29(36)28-15-10-20-35(28)21-25-18-19-31-22-32-25)14-7-5-3-4-6-12-24-17-16-23-11-8-9-13-26(23)33-24/h16-19,22,27-28H,2-15,20-21H2,1H3,(H,34,36)/t27-,28-/m0/s1. The van der Waals surface area contributed by atoms with Gasteiger partial charge in [-0.25, -0.2) is 14.8 Å². The van der Waals surface area contributed by atoms with E-state index in [0.717, 1.165) is 70.0 Å². The molecule has 2 atom stereocenters. The zero-order valence-electron chi connectivity index (χ0n) is 22.9. The van der Waals surface area contributed by atoms with Crippen molar-refractivity contribution in [3.8, 4) is 0 Å². The Labute approximate surface area is 227 Å². The smallest absolute Gasteiger partial charge is 0.328 e. The number of fused-ring (bicyclic) bond motifs is 1. The molecule has 0 radical (unpaired) electrons. The van der Waals surface area contributed by atoms with Crippen molar-refractivity contribution >= 4 is 11.9 Å². The van der Waals surface area contributed by atoms with Gasteiger partial charge in [0.05, 0.1) is 18.3 Å². The first kappa shape index (κ1) is 28.1. The van der Waals surface area contributed by atoms with Gasteiger partial charge in [-0.15, -0.1) is 0 Å². The van der Waals surface area contributed by atoms with Gasteiger partial charge < -0.3 is 10.1 Å². The molecule has 0 spiro atoms.